The quantitative estimate of drug-likeness (QED) is 0.314. The number of hydrogen-bond acceptors (Lipinski definition) is 3. The van der Waals surface area contributed by atoms with Crippen molar-refractivity contribution >= 4 is 5.97 Å². The fourth-order valence-electron chi connectivity index (χ4n) is 5.78. The first kappa shape index (κ1) is 21.6. The van der Waals surface area contributed by atoms with E-state index in [0.29, 0.717) is 24.2 Å². The average molecular weight is 391 g/mol. The number of carbonyl (C=O) groups is 1. The Morgan fingerprint density at radius 3 is 2.61 bits per heavy atom. The number of rotatable bonds is 8. The molecule has 5 atom stereocenters. The van der Waals surface area contributed by atoms with Crippen molar-refractivity contribution < 1.29 is 20.1 Å². The summed E-state index contributed by atoms with van der Waals surface area (Å²) in [5.41, 5.74) is 1.43. The van der Waals surface area contributed by atoms with E-state index in [2.05, 4.69) is 12.2 Å². The van der Waals surface area contributed by atoms with Crippen molar-refractivity contribution in [3.63, 3.8) is 0 Å². The van der Waals surface area contributed by atoms with Crippen molar-refractivity contribution in [2.75, 3.05) is 0 Å². The van der Waals surface area contributed by atoms with Gasteiger partial charge in [-0.3, -0.25) is 4.79 Å². The highest BCUT2D eigenvalue weighted by Crippen LogP contribution is 2.50. The summed E-state index contributed by atoms with van der Waals surface area (Å²) in [4.78, 5) is 10.6. The smallest absolute Gasteiger partial charge is 0.303 e. The van der Waals surface area contributed by atoms with Crippen LogP contribution in [-0.2, 0) is 4.79 Å². The van der Waals surface area contributed by atoms with Crippen LogP contribution in [0.4, 0.5) is 0 Å². The maximum atomic E-state index is 10.6. The first-order valence-corrected chi connectivity index (χ1v) is 11.5. The molecule has 0 amide bonds. The molecule has 3 aliphatic carbocycles. The minimum Gasteiger partial charge on any atom is -0.481 e. The zero-order chi connectivity index (χ0) is 19.9. The molecule has 0 aliphatic heterocycles. The highest BCUT2D eigenvalue weighted by Gasteiger charge is 2.44. The Balaban J connectivity index is 1.48. The van der Waals surface area contributed by atoms with Crippen molar-refractivity contribution in [3.05, 3.63) is 23.8 Å². The van der Waals surface area contributed by atoms with Crippen LogP contribution in [0.5, 0.6) is 0 Å². The number of aliphatic carboxylic acids is 1. The third kappa shape index (κ3) is 6.18. The van der Waals surface area contributed by atoms with E-state index in [0.717, 1.165) is 32.1 Å². The molecular formula is C24H38O4. The Morgan fingerprint density at radius 1 is 1.14 bits per heavy atom. The first-order chi connectivity index (χ1) is 13.5. The molecule has 0 bridgehead atoms. The van der Waals surface area contributed by atoms with Gasteiger partial charge in [0.1, 0.15) is 0 Å². The maximum Gasteiger partial charge on any atom is 0.303 e. The van der Waals surface area contributed by atoms with Gasteiger partial charge in [0.15, 0.2) is 0 Å². The number of aliphatic hydroxyl groups is 2. The van der Waals surface area contributed by atoms with Gasteiger partial charge in [0, 0.05) is 12.3 Å². The summed E-state index contributed by atoms with van der Waals surface area (Å²) in [6.45, 7) is 0. The van der Waals surface area contributed by atoms with E-state index in [1.54, 1.807) is 0 Å². The minimum absolute atomic E-state index is 0.152. The van der Waals surface area contributed by atoms with E-state index in [9.17, 15) is 15.0 Å². The Kier molecular flexibility index (Phi) is 8.16. The zero-order valence-corrected chi connectivity index (χ0v) is 17.1. The van der Waals surface area contributed by atoms with E-state index in [1.807, 2.05) is 6.08 Å². The average Bonchev–Trinajstić information content (AvgIpc) is 3.02. The summed E-state index contributed by atoms with van der Waals surface area (Å²) < 4.78 is 0. The summed E-state index contributed by atoms with van der Waals surface area (Å²) >= 11 is 0. The fourth-order valence-corrected chi connectivity index (χ4v) is 5.78. The molecule has 0 heterocycles. The molecule has 28 heavy (non-hydrogen) atoms. The standard InChI is InChI=1S/C24H38O4/c25-20(14-17-7-3-1-2-4-8-17)11-12-21-22-15-18(9-5-6-10-24(27)28)13-19(22)16-23(21)26/h9,11-12,17,19-23,25-26H,1-8,10,13-16H2,(H,27,28)/b12-11+,18-9+/t19-,20+,21-,22+,23-/m1/s1. The van der Waals surface area contributed by atoms with Gasteiger partial charge in [-0.2, -0.15) is 0 Å². The lowest BCUT2D eigenvalue weighted by Crippen LogP contribution is -2.18. The molecule has 0 aromatic carbocycles. The Labute approximate surface area is 169 Å². The second-order valence-corrected chi connectivity index (χ2v) is 9.41. The number of fused-ring (bicyclic) bond motifs is 1. The monoisotopic (exact) mass is 390 g/mol. The first-order valence-electron chi connectivity index (χ1n) is 11.5. The van der Waals surface area contributed by atoms with Crippen LogP contribution in [0.25, 0.3) is 0 Å². The van der Waals surface area contributed by atoms with Crippen LogP contribution in [-0.4, -0.2) is 33.5 Å². The highest BCUT2D eigenvalue weighted by atomic mass is 16.4. The van der Waals surface area contributed by atoms with Gasteiger partial charge in [-0.25, -0.2) is 0 Å². The zero-order valence-electron chi connectivity index (χ0n) is 17.1. The predicted octanol–water partition coefficient (Wildman–Crippen LogP) is 4.85. The molecule has 0 spiro atoms. The van der Waals surface area contributed by atoms with Gasteiger partial charge in [-0.15, -0.1) is 0 Å². The molecule has 3 fully saturated rings. The fraction of sp³-hybridized carbons (Fsp3) is 0.792. The third-order valence-corrected chi connectivity index (χ3v) is 7.24. The van der Waals surface area contributed by atoms with E-state index >= 15 is 0 Å². The Bertz CT molecular complexity index is 559. The van der Waals surface area contributed by atoms with Crippen molar-refractivity contribution in [2.24, 2.45) is 23.7 Å². The molecule has 3 N–H and O–H groups in total. The van der Waals surface area contributed by atoms with Crippen molar-refractivity contribution in [2.45, 2.75) is 95.7 Å². The van der Waals surface area contributed by atoms with Gasteiger partial charge in [0.05, 0.1) is 12.2 Å². The van der Waals surface area contributed by atoms with Crippen LogP contribution in [0, 0.1) is 23.7 Å². The third-order valence-electron chi connectivity index (χ3n) is 7.24. The second kappa shape index (κ2) is 10.6. The summed E-state index contributed by atoms with van der Waals surface area (Å²) in [5, 5.41) is 29.7. The molecule has 0 radical (unpaired) electrons. The number of carboxylic acids is 1. The number of carboxylic acid groups (broad SMARTS) is 1. The van der Waals surface area contributed by atoms with Crippen LogP contribution in [0.3, 0.4) is 0 Å². The Hall–Kier alpha value is -1.13. The number of unbranched alkanes of at least 4 members (excludes halogenated alkanes) is 1. The van der Waals surface area contributed by atoms with E-state index in [1.165, 1.54) is 44.1 Å². The lowest BCUT2D eigenvalue weighted by atomic mass is 9.89. The topological polar surface area (TPSA) is 77.8 Å². The molecule has 0 aromatic rings. The van der Waals surface area contributed by atoms with Crippen molar-refractivity contribution in [1.29, 1.82) is 0 Å². The van der Waals surface area contributed by atoms with Crippen molar-refractivity contribution in [1.82, 2.24) is 0 Å². The number of hydrogen-bond donors (Lipinski definition) is 3. The molecule has 3 aliphatic rings. The normalized spacial score (nSPS) is 34.0. The van der Waals surface area contributed by atoms with Gasteiger partial charge in [0.25, 0.3) is 0 Å². The number of allylic oxidation sites excluding steroid dienone is 2. The largest absolute Gasteiger partial charge is 0.481 e. The van der Waals surface area contributed by atoms with Crippen LogP contribution >= 0.6 is 0 Å². The highest BCUT2D eigenvalue weighted by molar-refractivity contribution is 5.66. The van der Waals surface area contributed by atoms with Crippen LogP contribution in [0.15, 0.2) is 23.8 Å². The van der Waals surface area contributed by atoms with Gasteiger partial charge < -0.3 is 15.3 Å². The van der Waals surface area contributed by atoms with E-state index in [4.69, 9.17) is 5.11 Å². The van der Waals surface area contributed by atoms with Gasteiger partial charge in [-0.05, 0) is 56.3 Å². The van der Waals surface area contributed by atoms with Crippen LogP contribution in [0.1, 0.15) is 83.5 Å². The molecule has 4 nitrogen and oxygen atoms in total. The molecule has 3 rings (SSSR count). The van der Waals surface area contributed by atoms with Gasteiger partial charge in [-0.1, -0.05) is 62.3 Å². The van der Waals surface area contributed by atoms with E-state index < -0.39 is 5.97 Å². The lowest BCUT2D eigenvalue weighted by Gasteiger charge is -2.19. The summed E-state index contributed by atoms with van der Waals surface area (Å²) in [5.74, 6) is 1.09. The second-order valence-electron chi connectivity index (χ2n) is 9.41. The van der Waals surface area contributed by atoms with E-state index in [-0.39, 0.29) is 24.5 Å². The van der Waals surface area contributed by atoms with Crippen LogP contribution < -0.4 is 0 Å². The molecule has 158 valence electrons. The van der Waals surface area contributed by atoms with Gasteiger partial charge >= 0.3 is 5.97 Å². The number of aliphatic hydroxyl groups excluding tert-OH is 2. The molecule has 4 heteroatoms. The lowest BCUT2D eigenvalue weighted by molar-refractivity contribution is -0.137. The van der Waals surface area contributed by atoms with Crippen molar-refractivity contribution in [3.8, 4) is 0 Å². The maximum absolute atomic E-state index is 10.6. The molecule has 0 aromatic heterocycles. The molecule has 0 unspecified atom stereocenters. The summed E-state index contributed by atoms with van der Waals surface area (Å²) in [6, 6.07) is 0. The van der Waals surface area contributed by atoms with Crippen LogP contribution in [0.2, 0.25) is 0 Å². The summed E-state index contributed by atoms with van der Waals surface area (Å²) in [6.07, 6.45) is 18.9. The van der Waals surface area contributed by atoms with Gasteiger partial charge in [0.2, 0.25) is 0 Å². The minimum atomic E-state index is -0.725. The molecular weight excluding hydrogens is 352 g/mol. The molecule has 3 saturated carbocycles. The SMILES string of the molecule is O=C(O)CCC/C=C1\C[C@@H]2C[C@@H](O)[C@H](/C=C/[C@H](O)CC3CCCCCC3)[C@H]2C1. The Morgan fingerprint density at radius 2 is 1.89 bits per heavy atom. The molecule has 0 saturated heterocycles. The summed E-state index contributed by atoms with van der Waals surface area (Å²) in [7, 11) is 0. The predicted molar refractivity (Wildman–Crippen MR) is 111 cm³/mol.